The molecule has 2 N–H and O–H groups in total. The maximum atomic E-state index is 6.67. The van der Waals surface area contributed by atoms with E-state index in [-0.39, 0.29) is 0 Å². The molecule has 6 fully saturated rings. The van der Waals surface area contributed by atoms with Crippen LogP contribution >= 0.6 is 0 Å². The Morgan fingerprint density at radius 2 is 0.885 bits per heavy atom. The normalized spacial score (nSPS) is 58.7. The Morgan fingerprint density at radius 1 is 0.462 bits per heavy atom. The van der Waals surface area contributed by atoms with Gasteiger partial charge in [-0.15, -0.1) is 0 Å². The average Bonchev–Trinajstić information content (AvgIpc) is 3.15. The molecule has 1 nitrogen and oxygen atoms in total. The van der Waals surface area contributed by atoms with Crippen LogP contribution in [0, 0.1) is 52.8 Å². The van der Waals surface area contributed by atoms with Crippen LogP contribution in [0.1, 0.15) is 96.3 Å². The standard InChI is InChI=1S/C25H41N/c26-16-13-14-20-19-9-3-6-12-23(19)25(24(20)15-16)21-10-4-1-7-17(21)18-8-2-5-11-22(18)25/h16-24H,1-15,26H2. The van der Waals surface area contributed by atoms with E-state index in [0.717, 1.165) is 52.8 Å². The molecule has 1 heteroatoms. The molecule has 6 saturated carbocycles. The van der Waals surface area contributed by atoms with Crippen molar-refractivity contribution in [3.63, 3.8) is 0 Å². The third-order valence-corrected chi connectivity index (χ3v) is 11.1. The van der Waals surface area contributed by atoms with Crippen molar-refractivity contribution >= 4 is 0 Å². The van der Waals surface area contributed by atoms with Gasteiger partial charge in [0.15, 0.2) is 0 Å². The highest BCUT2D eigenvalue weighted by atomic mass is 14.8. The summed E-state index contributed by atoms with van der Waals surface area (Å²) in [4.78, 5) is 0. The molecule has 6 rings (SSSR count). The molecule has 0 aliphatic heterocycles. The van der Waals surface area contributed by atoms with Crippen LogP contribution in [0.25, 0.3) is 0 Å². The van der Waals surface area contributed by atoms with Crippen LogP contribution in [0.5, 0.6) is 0 Å². The third kappa shape index (κ3) is 2.08. The molecule has 9 unspecified atom stereocenters. The number of nitrogens with two attached hydrogens (primary N) is 1. The van der Waals surface area contributed by atoms with Gasteiger partial charge in [0.05, 0.1) is 0 Å². The van der Waals surface area contributed by atoms with Gasteiger partial charge in [0.2, 0.25) is 0 Å². The highest BCUT2D eigenvalue weighted by molar-refractivity contribution is 5.19. The molecule has 0 heterocycles. The van der Waals surface area contributed by atoms with Gasteiger partial charge in [0.25, 0.3) is 0 Å². The molecule has 0 aromatic heterocycles. The monoisotopic (exact) mass is 355 g/mol. The van der Waals surface area contributed by atoms with Crippen molar-refractivity contribution in [3.8, 4) is 0 Å². The zero-order valence-corrected chi connectivity index (χ0v) is 16.9. The molecule has 0 amide bonds. The Bertz CT molecular complexity index is 507. The van der Waals surface area contributed by atoms with Crippen molar-refractivity contribution in [3.05, 3.63) is 0 Å². The fourth-order valence-corrected chi connectivity index (χ4v) is 10.8. The Labute approximate surface area is 161 Å². The molecule has 0 bridgehead atoms. The summed E-state index contributed by atoms with van der Waals surface area (Å²) in [6.07, 6.45) is 23.0. The molecule has 6 aliphatic carbocycles. The van der Waals surface area contributed by atoms with Gasteiger partial charge in [-0.1, -0.05) is 38.5 Å². The van der Waals surface area contributed by atoms with E-state index in [9.17, 15) is 0 Å². The Balaban J connectivity index is 1.49. The summed E-state index contributed by atoms with van der Waals surface area (Å²) in [6, 6.07) is 0.526. The maximum Gasteiger partial charge on any atom is 0.00418 e. The molecule has 0 saturated heterocycles. The van der Waals surface area contributed by atoms with E-state index in [1.54, 1.807) is 70.6 Å². The highest BCUT2D eigenvalue weighted by Crippen LogP contribution is 2.77. The predicted molar refractivity (Wildman–Crippen MR) is 108 cm³/mol. The third-order valence-electron chi connectivity index (χ3n) is 11.1. The van der Waals surface area contributed by atoms with Gasteiger partial charge in [-0.3, -0.25) is 0 Å². The topological polar surface area (TPSA) is 26.0 Å². The van der Waals surface area contributed by atoms with Crippen LogP contribution in [0.4, 0.5) is 0 Å². The van der Waals surface area contributed by atoms with Gasteiger partial charge >= 0.3 is 0 Å². The molecular weight excluding hydrogens is 314 g/mol. The second-order valence-corrected chi connectivity index (χ2v) is 11.5. The van der Waals surface area contributed by atoms with E-state index < -0.39 is 0 Å². The van der Waals surface area contributed by atoms with Crippen molar-refractivity contribution in [2.75, 3.05) is 0 Å². The summed E-state index contributed by atoms with van der Waals surface area (Å²) in [5, 5.41) is 0. The summed E-state index contributed by atoms with van der Waals surface area (Å²) in [5.74, 6) is 8.76. The van der Waals surface area contributed by atoms with Crippen molar-refractivity contribution in [2.24, 2.45) is 58.5 Å². The number of fused-ring (bicyclic) bond motifs is 10. The Morgan fingerprint density at radius 3 is 1.38 bits per heavy atom. The largest absolute Gasteiger partial charge is 0.328 e. The molecule has 0 aromatic carbocycles. The van der Waals surface area contributed by atoms with Crippen molar-refractivity contribution in [1.82, 2.24) is 0 Å². The van der Waals surface area contributed by atoms with Gasteiger partial charge in [0.1, 0.15) is 0 Å². The minimum Gasteiger partial charge on any atom is -0.328 e. The second-order valence-electron chi connectivity index (χ2n) is 11.5. The van der Waals surface area contributed by atoms with Crippen LogP contribution in [0.2, 0.25) is 0 Å². The van der Waals surface area contributed by atoms with Crippen molar-refractivity contribution in [2.45, 2.75) is 102 Å². The summed E-state index contributed by atoms with van der Waals surface area (Å²) < 4.78 is 0. The molecule has 0 radical (unpaired) electrons. The molecule has 0 aromatic rings. The first-order chi connectivity index (χ1) is 12.8. The quantitative estimate of drug-likeness (QED) is 0.553. The van der Waals surface area contributed by atoms with Crippen LogP contribution < -0.4 is 5.73 Å². The van der Waals surface area contributed by atoms with E-state index in [0.29, 0.717) is 6.04 Å². The number of hydrogen-bond donors (Lipinski definition) is 1. The molecular formula is C25H41N. The van der Waals surface area contributed by atoms with Gasteiger partial charge in [0, 0.05) is 6.04 Å². The van der Waals surface area contributed by atoms with Gasteiger partial charge in [-0.2, -0.15) is 0 Å². The van der Waals surface area contributed by atoms with E-state index in [2.05, 4.69) is 0 Å². The average molecular weight is 356 g/mol. The highest BCUT2D eigenvalue weighted by Gasteiger charge is 2.71. The van der Waals surface area contributed by atoms with Gasteiger partial charge in [-0.05, 0) is 111 Å². The molecule has 9 atom stereocenters. The minimum atomic E-state index is 0.526. The first-order valence-corrected chi connectivity index (χ1v) is 12.6. The van der Waals surface area contributed by atoms with Crippen LogP contribution in [0.15, 0.2) is 0 Å². The molecule has 6 aliphatic rings. The fraction of sp³-hybridized carbons (Fsp3) is 1.00. The second kappa shape index (κ2) is 6.23. The Kier molecular flexibility index (Phi) is 4.04. The van der Waals surface area contributed by atoms with Gasteiger partial charge in [-0.25, -0.2) is 0 Å². The van der Waals surface area contributed by atoms with E-state index in [1.807, 2.05) is 0 Å². The lowest BCUT2D eigenvalue weighted by molar-refractivity contribution is -0.0375. The fourth-order valence-electron chi connectivity index (χ4n) is 10.8. The van der Waals surface area contributed by atoms with Crippen LogP contribution in [-0.2, 0) is 0 Å². The predicted octanol–water partition coefficient (Wildman–Crippen LogP) is 6.16. The van der Waals surface area contributed by atoms with E-state index in [4.69, 9.17) is 5.73 Å². The molecule has 146 valence electrons. The van der Waals surface area contributed by atoms with E-state index in [1.165, 1.54) is 25.7 Å². The van der Waals surface area contributed by atoms with E-state index >= 15 is 0 Å². The maximum absolute atomic E-state index is 6.67. The lowest BCUT2D eigenvalue weighted by atomic mass is 9.53. The Hall–Kier alpha value is -0.0400. The lowest BCUT2D eigenvalue weighted by Crippen LogP contribution is -2.48. The smallest absolute Gasteiger partial charge is 0.00418 e. The van der Waals surface area contributed by atoms with Gasteiger partial charge < -0.3 is 5.73 Å². The first kappa shape index (κ1) is 16.9. The first-order valence-electron chi connectivity index (χ1n) is 12.6. The summed E-state index contributed by atoms with van der Waals surface area (Å²) >= 11 is 0. The molecule has 1 spiro atoms. The summed E-state index contributed by atoms with van der Waals surface area (Å²) in [7, 11) is 0. The molecule has 26 heavy (non-hydrogen) atoms. The SMILES string of the molecule is NC1CCC2C3CCCCC3C3(C4CCCCC4C4CCCCC43)C2C1. The van der Waals surface area contributed by atoms with Crippen LogP contribution in [-0.4, -0.2) is 6.04 Å². The summed E-state index contributed by atoms with van der Waals surface area (Å²) in [6.45, 7) is 0. The number of hydrogen-bond acceptors (Lipinski definition) is 1. The van der Waals surface area contributed by atoms with Crippen molar-refractivity contribution in [1.29, 1.82) is 0 Å². The zero-order valence-electron chi connectivity index (χ0n) is 16.9. The van der Waals surface area contributed by atoms with Crippen LogP contribution in [0.3, 0.4) is 0 Å². The zero-order chi connectivity index (χ0) is 17.3. The lowest BCUT2D eigenvalue weighted by Gasteiger charge is -2.52. The summed E-state index contributed by atoms with van der Waals surface area (Å²) in [5.41, 5.74) is 7.42. The number of rotatable bonds is 0. The minimum absolute atomic E-state index is 0.526. The van der Waals surface area contributed by atoms with Crippen molar-refractivity contribution < 1.29 is 0 Å².